The van der Waals surface area contributed by atoms with Gasteiger partial charge in [0.2, 0.25) is 0 Å². The average Bonchev–Trinajstić information content (AvgIpc) is 2.83. The molecule has 3 fully saturated rings. The smallest absolute Gasteiger partial charge is 0.0101 e. The van der Waals surface area contributed by atoms with Crippen molar-refractivity contribution in [1.29, 1.82) is 0 Å². The first-order valence-electron chi connectivity index (χ1n) is 7.38. The van der Waals surface area contributed by atoms with E-state index in [-0.39, 0.29) is 0 Å². The van der Waals surface area contributed by atoms with Crippen LogP contribution in [-0.4, -0.2) is 12.1 Å². The lowest BCUT2D eigenvalue weighted by molar-refractivity contribution is 0.186. The summed E-state index contributed by atoms with van der Waals surface area (Å²) in [6.45, 7) is 4.86. The second-order valence-corrected chi connectivity index (χ2v) is 7.39. The van der Waals surface area contributed by atoms with Crippen molar-refractivity contribution < 1.29 is 0 Å². The summed E-state index contributed by atoms with van der Waals surface area (Å²) in [6.07, 6.45) is 11.8. The Bertz CT molecular complexity index is 248. The van der Waals surface area contributed by atoms with Gasteiger partial charge in [0.15, 0.2) is 0 Å². The second-order valence-electron chi connectivity index (χ2n) is 7.39. The van der Waals surface area contributed by atoms with Crippen LogP contribution >= 0.6 is 0 Å². The molecule has 92 valence electrons. The van der Waals surface area contributed by atoms with Crippen LogP contribution in [0.5, 0.6) is 0 Å². The Balaban J connectivity index is 1.49. The van der Waals surface area contributed by atoms with E-state index in [1.165, 1.54) is 51.4 Å². The predicted molar refractivity (Wildman–Crippen MR) is 68.4 cm³/mol. The predicted octanol–water partition coefficient (Wildman–Crippen LogP) is 3.73. The lowest BCUT2D eigenvalue weighted by Crippen LogP contribution is -2.44. The van der Waals surface area contributed by atoms with Crippen LogP contribution in [0, 0.1) is 17.3 Å². The van der Waals surface area contributed by atoms with Crippen LogP contribution in [0.25, 0.3) is 0 Å². The number of nitrogens with one attached hydrogen (secondary N) is 1. The van der Waals surface area contributed by atoms with Gasteiger partial charge in [-0.3, -0.25) is 0 Å². The molecule has 16 heavy (non-hydrogen) atoms. The Morgan fingerprint density at radius 3 is 2.25 bits per heavy atom. The van der Waals surface area contributed by atoms with Crippen molar-refractivity contribution in [2.24, 2.45) is 17.3 Å². The Hall–Kier alpha value is -0.0400. The van der Waals surface area contributed by atoms with Crippen molar-refractivity contribution in [3.63, 3.8) is 0 Å². The van der Waals surface area contributed by atoms with Gasteiger partial charge < -0.3 is 5.32 Å². The maximum absolute atomic E-state index is 3.99. The van der Waals surface area contributed by atoms with Crippen molar-refractivity contribution in [2.75, 3.05) is 0 Å². The molecule has 3 unspecified atom stereocenters. The molecule has 1 heteroatoms. The third kappa shape index (κ3) is 2.16. The lowest BCUT2D eigenvalue weighted by Gasteiger charge is -2.37. The molecule has 3 aliphatic carbocycles. The van der Waals surface area contributed by atoms with Gasteiger partial charge in [0.25, 0.3) is 0 Å². The van der Waals surface area contributed by atoms with Gasteiger partial charge in [-0.2, -0.15) is 0 Å². The summed E-state index contributed by atoms with van der Waals surface area (Å²) in [7, 11) is 0. The van der Waals surface area contributed by atoms with Crippen LogP contribution in [0.4, 0.5) is 0 Å². The molecule has 0 aromatic carbocycles. The maximum Gasteiger partial charge on any atom is 0.0101 e. The molecule has 0 aliphatic heterocycles. The summed E-state index contributed by atoms with van der Waals surface area (Å²) in [5.41, 5.74) is 0.618. The number of hydrogen-bond acceptors (Lipinski definition) is 1. The Morgan fingerprint density at radius 1 is 0.938 bits per heavy atom. The Labute approximate surface area is 100 Å². The molecule has 3 atom stereocenters. The van der Waals surface area contributed by atoms with Gasteiger partial charge in [0, 0.05) is 12.1 Å². The standard InChI is InChI=1S/C15H27N/c1-15(2)7-5-13(6-8-15)16-14-10-11-3-4-12(14)9-11/h11-14,16H,3-10H2,1-2H3. The highest BCUT2D eigenvalue weighted by Gasteiger charge is 2.40. The quantitative estimate of drug-likeness (QED) is 0.749. The molecule has 1 N–H and O–H groups in total. The van der Waals surface area contributed by atoms with Crippen molar-refractivity contribution in [1.82, 2.24) is 5.32 Å². The van der Waals surface area contributed by atoms with Crippen molar-refractivity contribution in [2.45, 2.75) is 77.3 Å². The normalized spacial score (nSPS) is 42.8. The van der Waals surface area contributed by atoms with Gasteiger partial charge >= 0.3 is 0 Å². The zero-order valence-corrected chi connectivity index (χ0v) is 11.0. The molecule has 3 saturated carbocycles. The van der Waals surface area contributed by atoms with Gasteiger partial charge in [-0.15, -0.1) is 0 Å². The number of hydrogen-bond donors (Lipinski definition) is 1. The fourth-order valence-electron chi connectivity index (χ4n) is 4.32. The monoisotopic (exact) mass is 221 g/mol. The topological polar surface area (TPSA) is 12.0 Å². The molecule has 0 radical (unpaired) electrons. The van der Waals surface area contributed by atoms with Crippen molar-refractivity contribution >= 4 is 0 Å². The zero-order valence-electron chi connectivity index (χ0n) is 11.0. The minimum Gasteiger partial charge on any atom is -0.311 e. The molecule has 0 amide bonds. The summed E-state index contributed by atoms with van der Waals surface area (Å²) in [6, 6.07) is 1.74. The summed E-state index contributed by atoms with van der Waals surface area (Å²) in [4.78, 5) is 0. The van der Waals surface area contributed by atoms with E-state index in [9.17, 15) is 0 Å². The lowest BCUT2D eigenvalue weighted by atomic mass is 9.75. The van der Waals surface area contributed by atoms with E-state index in [0.717, 1.165) is 23.9 Å². The van der Waals surface area contributed by atoms with Crippen LogP contribution in [0.15, 0.2) is 0 Å². The summed E-state index contributed by atoms with van der Waals surface area (Å²) >= 11 is 0. The minimum absolute atomic E-state index is 0.618. The molecule has 3 rings (SSSR count). The fourth-order valence-corrected chi connectivity index (χ4v) is 4.32. The van der Waals surface area contributed by atoms with Crippen LogP contribution < -0.4 is 5.32 Å². The third-order valence-electron chi connectivity index (χ3n) is 5.53. The summed E-state index contributed by atoms with van der Waals surface area (Å²) < 4.78 is 0. The highest BCUT2D eigenvalue weighted by molar-refractivity contribution is 4.96. The highest BCUT2D eigenvalue weighted by atomic mass is 15.0. The Kier molecular flexibility index (Phi) is 2.78. The molecule has 0 aromatic heterocycles. The molecule has 0 spiro atoms. The molecule has 0 heterocycles. The van der Waals surface area contributed by atoms with Gasteiger partial charge in [-0.25, -0.2) is 0 Å². The number of fused-ring (bicyclic) bond motifs is 2. The van der Waals surface area contributed by atoms with Crippen LogP contribution in [0.2, 0.25) is 0 Å². The third-order valence-corrected chi connectivity index (χ3v) is 5.53. The molecule has 2 bridgehead atoms. The van der Waals surface area contributed by atoms with Crippen molar-refractivity contribution in [3.8, 4) is 0 Å². The van der Waals surface area contributed by atoms with Gasteiger partial charge in [0.05, 0.1) is 0 Å². The molecule has 1 nitrogen and oxygen atoms in total. The summed E-state index contributed by atoms with van der Waals surface area (Å²) in [5, 5.41) is 3.99. The van der Waals surface area contributed by atoms with Gasteiger partial charge in [-0.1, -0.05) is 20.3 Å². The summed E-state index contributed by atoms with van der Waals surface area (Å²) in [5.74, 6) is 2.13. The average molecular weight is 221 g/mol. The molecule has 0 saturated heterocycles. The van der Waals surface area contributed by atoms with E-state index in [1.54, 1.807) is 0 Å². The largest absolute Gasteiger partial charge is 0.311 e. The molecular formula is C15H27N. The van der Waals surface area contributed by atoms with E-state index in [4.69, 9.17) is 0 Å². The number of rotatable bonds is 2. The molecule has 3 aliphatic rings. The van der Waals surface area contributed by atoms with Gasteiger partial charge in [0.1, 0.15) is 0 Å². The fraction of sp³-hybridized carbons (Fsp3) is 1.00. The van der Waals surface area contributed by atoms with E-state index in [0.29, 0.717) is 5.41 Å². The highest BCUT2D eigenvalue weighted by Crippen LogP contribution is 2.45. The van der Waals surface area contributed by atoms with Crippen LogP contribution in [0.3, 0.4) is 0 Å². The van der Waals surface area contributed by atoms with Crippen molar-refractivity contribution in [3.05, 3.63) is 0 Å². The SMILES string of the molecule is CC1(C)CCC(NC2CC3CCC2C3)CC1. The molecule has 0 aromatic rings. The Morgan fingerprint density at radius 2 is 1.69 bits per heavy atom. The molecular weight excluding hydrogens is 194 g/mol. The van der Waals surface area contributed by atoms with Crippen LogP contribution in [0.1, 0.15) is 65.2 Å². The minimum atomic E-state index is 0.618. The maximum atomic E-state index is 3.99. The van der Waals surface area contributed by atoms with E-state index in [1.807, 2.05) is 0 Å². The first-order chi connectivity index (χ1) is 7.62. The van der Waals surface area contributed by atoms with E-state index < -0.39 is 0 Å². The van der Waals surface area contributed by atoms with E-state index >= 15 is 0 Å². The first-order valence-corrected chi connectivity index (χ1v) is 7.38. The van der Waals surface area contributed by atoms with Gasteiger partial charge in [-0.05, 0) is 62.2 Å². The van der Waals surface area contributed by atoms with E-state index in [2.05, 4.69) is 19.2 Å². The first kappa shape index (κ1) is 11.1. The zero-order chi connectivity index (χ0) is 11.2. The van der Waals surface area contributed by atoms with Crippen LogP contribution in [-0.2, 0) is 0 Å². The second kappa shape index (κ2) is 4.01.